The lowest BCUT2D eigenvalue weighted by molar-refractivity contribution is 0.668. The number of rotatable bonds is 2. The number of fused-ring (bicyclic) bond motifs is 7. The minimum Gasteiger partial charge on any atom is -0.450 e. The van der Waals surface area contributed by atoms with Crippen LogP contribution in [0.5, 0.6) is 0 Å². The molecular weight excluding hydrogens is 396 g/mol. The third kappa shape index (κ3) is 2.36. The fourth-order valence-corrected chi connectivity index (χ4v) is 4.45. The molecule has 5 nitrogen and oxygen atoms in total. The van der Waals surface area contributed by atoms with Gasteiger partial charge in [0.05, 0.1) is 5.39 Å². The molecule has 0 aliphatic heterocycles. The first-order chi connectivity index (χ1) is 15.9. The second-order valence-electron chi connectivity index (χ2n) is 7.79. The molecule has 0 spiro atoms. The largest absolute Gasteiger partial charge is 0.450 e. The van der Waals surface area contributed by atoms with Gasteiger partial charge >= 0.3 is 0 Å². The summed E-state index contributed by atoms with van der Waals surface area (Å²) in [5, 5.41) is 12.4. The normalized spacial score (nSPS) is 11.8. The van der Waals surface area contributed by atoms with Crippen LogP contribution in [-0.2, 0) is 0 Å². The maximum atomic E-state index is 6.33. The highest BCUT2D eigenvalue weighted by molar-refractivity contribution is 6.19. The summed E-state index contributed by atoms with van der Waals surface area (Å²) in [5.41, 5.74) is 4.86. The van der Waals surface area contributed by atoms with Crippen LogP contribution in [0.15, 0.2) is 101 Å². The lowest BCUT2D eigenvalue weighted by Gasteiger charge is -2.08. The van der Waals surface area contributed by atoms with Gasteiger partial charge in [0, 0.05) is 11.1 Å². The molecule has 7 aromatic rings. The smallest absolute Gasteiger partial charge is 0.208 e. The van der Waals surface area contributed by atoms with E-state index in [4.69, 9.17) is 9.40 Å². The van der Waals surface area contributed by atoms with E-state index < -0.39 is 0 Å². The Morgan fingerprint density at radius 2 is 1.31 bits per heavy atom. The van der Waals surface area contributed by atoms with Gasteiger partial charge < -0.3 is 4.42 Å². The summed E-state index contributed by atoms with van der Waals surface area (Å²) in [5.74, 6) is 1.52. The molecule has 0 saturated carbocycles. The van der Waals surface area contributed by atoms with E-state index in [2.05, 4.69) is 40.5 Å². The van der Waals surface area contributed by atoms with Gasteiger partial charge in [0.2, 0.25) is 5.65 Å². The third-order valence-electron chi connectivity index (χ3n) is 5.91. The summed E-state index contributed by atoms with van der Waals surface area (Å²) < 4.78 is 8.33. The predicted molar refractivity (Wildman–Crippen MR) is 126 cm³/mol. The Labute approximate surface area is 182 Å². The number of benzene rings is 4. The molecule has 0 aliphatic rings. The average Bonchev–Trinajstić information content (AvgIpc) is 3.47. The third-order valence-corrected chi connectivity index (χ3v) is 5.91. The van der Waals surface area contributed by atoms with Crippen molar-refractivity contribution < 1.29 is 4.42 Å². The molecule has 0 N–H and O–H groups in total. The summed E-state index contributed by atoms with van der Waals surface area (Å²) in [6, 6.07) is 32.6. The first-order valence-electron chi connectivity index (χ1n) is 10.5. The molecule has 0 bridgehead atoms. The van der Waals surface area contributed by atoms with E-state index in [-0.39, 0.29) is 0 Å². The van der Waals surface area contributed by atoms with Crippen LogP contribution in [0.4, 0.5) is 0 Å². The standard InChI is InChI=1S/C27H16N4O/c1-3-10-18(11-4-1)25-28-23-22-20-14-8-7-9-17(20)15-16-21(22)32-24(23)27-30-29-26(31(25)27)19-12-5-2-6-13-19/h1-16H. The Bertz CT molecular complexity index is 1770. The van der Waals surface area contributed by atoms with Gasteiger partial charge in [0.15, 0.2) is 11.4 Å². The van der Waals surface area contributed by atoms with E-state index in [1.807, 2.05) is 71.1 Å². The van der Waals surface area contributed by atoms with Crippen molar-refractivity contribution in [3.63, 3.8) is 0 Å². The van der Waals surface area contributed by atoms with E-state index in [1.165, 1.54) is 0 Å². The molecule has 0 atom stereocenters. The number of hydrogen-bond acceptors (Lipinski definition) is 4. The molecule has 0 amide bonds. The van der Waals surface area contributed by atoms with Crippen molar-refractivity contribution >= 4 is 38.5 Å². The van der Waals surface area contributed by atoms with E-state index in [9.17, 15) is 0 Å². The van der Waals surface area contributed by atoms with Crippen LogP contribution in [0.3, 0.4) is 0 Å². The molecule has 150 valence electrons. The number of nitrogens with zero attached hydrogens (tertiary/aromatic N) is 4. The van der Waals surface area contributed by atoms with E-state index in [1.54, 1.807) is 0 Å². The van der Waals surface area contributed by atoms with Crippen molar-refractivity contribution in [2.75, 3.05) is 0 Å². The molecule has 0 fully saturated rings. The fourth-order valence-electron chi connectivity index (χ4n) is 4.45. The molecule has 5 heteroatoms. The molecule has 3 heterocycles. The summed E-state index contributed by atoms with van der Waals surface area (Å²) in [4.78, 5) is 5.16. The minimum absolute atomic E-state index is 0.644. The van der Waals surface area contributed by atoms with Crippen molar-refractivity contribution in [1.82, 2.24) is 19.6 Å². The fraction of sp³-hybridized carbons (Fsp3) is 0. The maximum Gasteiger partial charge on any atom is 0.208 e. The summed E-state index contributed by atoms with van der Waals surface area (Å²) in [6.07, 6.45) is 0. The lowest BCUT2D eigenvalue weighted by Crippen LogP contribution is -1.99. The van der Waals surface area contributed by atoms with Crippen LogP contribution >= 0.6 is 0 Å². The van der Waals surface area contributed by atoms with Crippen molar-refractivity contribution in [2.45, 2.75) is 0 Å². The van der Waals surface area contributed by atoms with E-state index >= 15 is 0 Å². The van der Waals surface area contributed by atoms with Gasteiger partial charge in [0.1, 0.15) is 16.9 Å². The van der Waals surface area contributed by atoms with Gasteiger partial charge in [0.25, 0.3) is 0 Å². The first-order valence-corrected chi connectivity index (χ1v) is 10.5. The van der Waals surface area contributed by atoms with Gasteiger partial charge in [-0.25, -0.2) is 4.98 Å². The van der Waals surface area contributed by atoms with Gasteiger partial charge in [-0.15, -0.1) is 10.2 Å². The van der Waals surface area contributed by atoms with E-state index in [0.717, 1.165) is 50.0 Å². The van der Waals surface area contributed by atoms with Crippen LogP contribution in [0.2, 0.25) is 0 Å². The highest BCUT2D eigenvalue weighted by Gasteiger charge is 2.22. The zero-order valence-electron chi connectivity index (χ0n) is 16.9. The lowest BCUT2D eigenvalue weighted by atomic mass is 10.1. The highest BCUT2D eigenvalue weighted by Crippen LogP contribution is 2.37. The molecule has 0 aliphatic carbocycles. The Kier molecular flexibility index (Phi) is 3.49. The van der Waals surface area contributed by atoms with Gasteiger partial charge in [-0.2, -0.15) is 0 Å². The molecule has 32 heavy (non-hydrogen) atoms. The van der Waals surface area contributed by atoms with Crippen LogP contribution in [0.1, 0.15) is 0 Å². The molecular formula is C27H16N4O. The zero-order valence-corrected chi connectivity index (χ0v) is 16.9. The number of furan rings is 1. The van der Waals surface area contributed by atoms with Gasteiger partial charge in [-0.1, -0.05) is 91.0 Å². The van der Waals surface area contributed by atoms with Crippen LogP contribution in [-0.4, -0.2) is 19.6 Å². The summed E-state index contributed by atoms with van der Waals surface area (Å²) >= 11 is 0. The maximum absolute atomic E-state index is 6.33. The first kappa shape index (κ1) is 17.2. The quantitative estimate of drug-likeness (QED) is 0.325. The second kappa shape index (κ2) is 6.49. The minimum atomic E-state index is 0.644. The topological polar surface area (TPSA) is 56.2 Å². The van der Waals surface area contributed by atoms with Crippen molar-refractivity contribution in [2.24, 2.45) is 0 Å². The monoisotopic (exact) mass is 412 g/mol. The Morgan fingerprint density at radius 3 is 2.09 bits per heavy atom. The second-order valence-corrected chi connectivity index (χ2v) is 7.79. The summed E-state index contributed by atoms with van der Waals surface area (Å²) in [6.45, 7) is 0. The number of aromatic nitrogens is 4. The molecule has 4 aromatic carbocycles. The molecule has 7 rings (SSSR count). The van der Waals surface area contributed by atoms with Crippen molar-refractivity contribution in [3.05, 3.63) is 97.1 Å². The average molecular weight is 412 g/mol. The number of hydrogen-bond donors (Lipinski definition) is 0. The molecule has 0 unspecified atom stereocenters. The van der Waals surface area contributed by atoms with Crippen LogP contribution in [0.25, 0.3) is 61.3 Å². The Balaban J connectivity index is 1.69. The summed E-state index contributed by atoms with van der Waals surface area (Å²) in [7, 11) is 0. The molecule has 3 aromatic heterocycles. The van der Waals surface area contributed by atoms with Crippen LogP contribution in [0, 0.1) is 0 Å². The van der Waals surface area contributed by atoms with Gasteiger partial charge in [-0.05, 0) is 16.8 Å². The predicted octanol–water partition coefficient (Wildman–Crippen LogP) is 6.51. The molecule has 0 saturated heterocycles. The van der Waals surface area contributed by atoms with Crippen LogP contribution < -0.4 is 0 Å². The van der Waals surface area contributed by atoms with Crippen molar-refractivity contribution in [1.29, 1.82) is 0 Å². The highest BCUT2D eigenvalue weighted by atomic mass is 16.3. The zero-order chi connectivity index (χ0) is 21.1. The Morgan fingerprint density at radius 1 is 0.625 bits per heavy atom. The van der Waals surface area contributed by atoms with Crippen molar-refractivity contribution in [3.8, 4) is 22.8 Å². The molecule has 0 radical (unpaired) electrons. The SMILES string of the molecule is c1ccc(-c2nnc3c4oc5ccc6ccccc6c5c4nc(-c4ccccc4)n23)cc1. The Hall–Kier alpha value is -4.51. The van der Waals surface area contributed by atoms with Gasteiger partial charge in [-0.3, -0.25) is 4.40 Å². The van der Waals surface area contributed by atoms with E-state index in [0.29, 0.717) is 11.2 Å².